The highest BCUT2D eigenvalue weighted by Crippen LogP contribution is 2.44. The molecule has 0 aliphatic rings. The van der Waals surface area contributed by atoms with E-state index in [1.54, 1.807) is 0 Å². The van der Waals surface area contributed by atoms with Crippen LogP contribution in [0.5, 0.6) is 0 Å². The van der Waals surface area contributed by atoms with Crippen molar-refractivity contribution in [3.05, 3.63) is 175 Å². The fourth-order valence-corrected chi connectivity index (χ4v) is 8.35. The standard InChI is InChI=1S/C52H41N3O/c1-32(2)45-28-40(35-16-9-6-10-17-35)29-46(33(3)4)48(45)55-49-41-19-12-11-18-39(41)31-53-51(49)54-52(55)44-21-13-20-43-42-27-26-38(30-47(42)56-50(43)44)37-24-22-36(23-25-37)34-14-7-5-8-15-34/h5-33H,1-4H3. The van der Waals surface area contributed by atoms with E-state index in [-0.39, 0.29) is 11.8 Å². The smallest absolute Gasteiger partial charge is 0.179 e. The molecule has 0 unspecified atom stereocenters. The molecule has 0 aliphatic heterocycles. The lowest BCUT2D eigenvalue weighted by molar-refractivity contribution is 0.669. The number of pyridine rings is 1. The van der Waals surface area contributed by atoms with E-state index in [2.05, 4.69) is 190 Å². The fourth-order valence-electron chi connectivity index (χ4n) is 8.35. The molecule has 3 aromatic heterocycles. The molecule has 270 valence electrons. The van der Waals surface area contributed by atoms with Gasteiger partial charge in [0.05, 0.1) is 11.3 Å². The summed E-state index contributed by atoms with van der Waals surface area (Å²) in [6.45, 7) is 9.17. The highest BCUT2D eigenvalue weighted by Gasteiger charge is 2.27. The second kappa shape index (κ2) is 13.5. The van der Waals surface area contributed by atoms with Crippen LogP contribution in [0, 0.1) is 0 Å². The number of hydrogen-bond donors (Lipinski definition) is 0. The lowest BCUT2D eigenvalue weighted by Gasteiger charge is -2.24. The summed E-state index contributed by atoms with van der Waals surface area (Å²) in [6, 6.07) is 56.3. The number of nitrogens with zero attached hydrogens (tertiary/aromatic N) is 3. The predicted molar refractivity (Wildman–Crippen MR) is 234 cm³/mol. The van der Waals surface area contributed by atoms with E-state index in [9.17, 15) is 0 Å². The summed E-state index contributed by atoms with van der Waals surface area (Å²) in [7, 11) is 0. The minimum absolute atomic E-state index is 0.238. The SMILES string of the molecule is CC(C)c1cc(-c2ccccc2)cc(C(C)C)c1-n1c(-c2cccc3c2oc2cc(-c4ccc(-c5ccccc5)cc4)ccc23)nc2ncc3ccccc3c21. The summed E-state index contributed by atoms with van der Waals surface area (Å²) in [5.74, 6) is 1.30. The number of aromatic nitrogens is 3. The highest BCUT2D eigenvalue weighted by atomic mass is 16.3. The van der Waals surface area contributed by atoms with E-state index in [4.69, 9.17) is 14.4 Å². The van der Waals surface area contributed by atoms with Gasteiger partial charge in [-0.25, -0.2) is 9.97 Å². The molecule has 3 heterocycles. The van der Waals surface area contributed by atoms with Crippen molar-refractivity contribution in [2.24, 2.45) is 0 Å². The van der Waals surface area contributed by atoms with E-state index in [0.717, 1.165) is 60.7 Å². The van der Waals surface area contributed by atoms with Crippen LogP contribution < -0.4 is 0 Å². The predicted octanol–water partition coefficient (Wildman–Crippen LogP) is 14.4. The van der Waals surface area contributed by atoms with Crippen molar-refractivity contribution in [1.29, 1.82) is 0 Å². The zero-order valence-electron chi connectivity index (χ0n) is 32.0. The average molecular weight is 724 g/mol. The first-order chi connectivity index (χ1) is 27.4. The molecule has 0 aliphatic carbocycles. The van der Waals surface area contributed by atoms with Crippen LogP contribution in [0.1, 0.15) is 50.7 Å². The van der Waals surface area contributed by atoms with Gasteiger partial charge in [0.1, 0.15) is 16.7 Å². The molecule has 7 aromatic carbocycles. The maximum atomic E-state index is 6.93. The molecule has 10 rings (SSSR count). The molecule has 0 atom stereocenters. The van der Waals surface area contributed by atoms with E-state index < -0.39 is 0 Å². The Hall–Kier alpha value is -6.78. The zero-order valence-corrected chi connectivity index (χ0v) is 32.0. The van der Waals surface area contributed by atoms with Gasteiger partial charge in [-0.05, 0) is 86.7 Å². The van der Waals surface area contributed by atoms with Crippen LogP contribution in [0.25, 0.3) is 94.3 Å². The number of para-hydroxylation sites is 1. The molecule has 10 aromatic rings. The molecule has 0 radical (unpaired) electrons. The highest BCUT2D eigenvalue weighted by molar-refractivity contribution is 6.11. The summed E-state index contributed by atoms with van der Waals surface area (Å²) in [4.78, 5) is 10.4. The molecule has 0 N–H and O–H groups in total. The van der Waals surface area contributed by atoms with Gasteiger partial charge < -0.3 is 4.42 Å². The molecule has 4 heteroatoms. The average Bonchev–Trinajstić information content (AvgIpc) is 3.82. The Morgan fingerprint density at radius 3 is 1.75 bits per heavy atom. The van der Waals surface area contributed by atoms with E-state index >= 15 is 0 Å². The van der Waals surface area contributed by atoms with Crippen molar-refractivity contribution in [3.8, 4) is 50.5 Å². The van der Waals surface area contributed by atoms with Crippen LogP contribution in [0.3, 0.4) is 0 Å². The molecule has 4 nitrogen and oxygen atoms in total. The van der Waals surface area contributed by atoms with E-state index in [1.807, 2.05) is 6.20 Å². The molecule has 0 saturated carbocycles. The molecule has 0 fully saturated rings. The lowest BCUT2D eigenvalue weighted by Crippen LogP contribution is -2.09. The van der Waals surface area contributed by atoms with Gasteiger partial charge in [0.15, 0.2) is 11.5 Å². The van der Waals surface area contributed by atoms with Gasteiger partial charge in [0.25, 0.3) is 0 Å². The Labute approximate surface area is 326 Å². The van der Waals surface area contributed by atoms with Crippen LogP contribution in [0.4, 0.5) is 0 Å². The summed E-state index contributed by atoms with van der Waals surface area (Å²) in [6.07, 6.45) is 1.94. The van der Waals surface area contributed by atoms with E-state index in [1.165, 1.54) is 39.1 Å². The summed E-state index contributed by atoms with van der Waals surface area (Å²) in [5, 5.41) is 4.34. The minimum Gasteiger partial charge on any atom is -0.455 e. The van der Waals surface area contributed by atoms with Crippen LogP contribution in [-0.4, -0.2) is 14.5 Å². The van der Waals surface area contributed by atoms with Crippen molar-refractivity contribution in [3.63, 3.8) is 0 Å². The summed E-state index contributed by atoms with van der Waals surface area (Å²) in [5.41, 5.74) is 15.1. The van der Waals surface area contributed by atoms with Crippen LogP contribution >= 0.6 is 0 Å². The number of rotatable bonds is 7. The second-order valence-corrected chi connectivity index (χ2v) is 15.4. The second-order valence-electron chi connectivity index (χ2n) is 15.4. The Kier molecular flexibility index (Phi) is 8.14. The third-order valence-electron chi connectivity index (χ3n) is 11.2. The Bertz CT molecular complexity index is 3030. The third kappa shape index (κ3) is 5.60. The Balaban J connectivity index is 1.21. The molecule has 56 heavy (non-hydrogen) atoms. The van der Waals surface area contributed by atoms with Gasteiger partial charge in [-0.3, -0.25) is 4.57 Å². The number of hydrogen-bond acceptors (Lipinski definition) is 3. The number of imidazole rings is 1. The molecule has 0 spiro atoms. The Morgan fingerprint density at radius 1 is 0.500 bits per heavy atom. The molecular weight excluding hydrogens is 683 g/mol. The molecule has 0 amide bonds. The number of benzene rings is 7. The fraction of sp³-hybridized carbons (Fsp3) is 0.115. The van der Waals surface area contributed by atoms with Gasteiger partial charge >= 0.3 is 0 Å². The van der Waals surface area contributed by atoms with Crippen molar-refractivity contribution in [1.82, 2.24) is 14.5 Å². The minimum atomic E-state index is 0.238. The maximum Gasteiger partial charge on any atom is 0.179 e. The monoisotopic (exact) mass is 723 g/mol. The summed E-state index contributed by atoms with van der Waals surface area (Å²) < 4.78 is 9.32. The van der Waals surface area contributed by atoms with Gasteiger partial charge in [-0.2, -0.15) is 0 Å². The van der Waals surface area contributed by atoms with Crippen molar-refractivity contribution >= 4 is 43.9 Å². The van der Waals surface area contributed by atoms with Crippen molar-refractivity contribution in [2.75, 3.05) is 0 Å². The molecule has 0 saturated heterocycles. The van der Waals surface area contributed by atoms with Gasteiger partial charge in [-0.15, -0.1) is 0 Å². The van der Waals surface area contributed by atoms with Crippen molar-refractivity contribution in [2.45, 2.75) is 39.5 Å². The summed E-state index contributed by atoms with van der Waals surface area (Å²) >= 11 is 0. The quantitative estimate of drug-likeness (QED) is 0.164. The topological polar surface area (TPSA) is 43.9 Å². The van der Waals surface area contributed by atoms with Gasteiger partial charge in [0.2, 0.25) is 0 Å². The normalized spacial score (nSPS) is 11.9. The first-order valence-corrected chi connectivity index (χ1v) is 19.5. The lowest BCUT2D eigenvalue weighted by atomic mass is 9.88. The maximum absolute atomic E-state index is 6.93. The van der Waals surface area contributed by atoms with Gasteiger partial charge in [-0.1, -0.05) is 155 Å². The van der Waals surface area contributed by atoms with Gasteiger partial charge in [0, 0.05) is 27.7 Å². The van der Waals surface area contributed by atoms with Crippen LogP contribution in [0.2, 0.25) is 0 Å². The van der Waals surface area contributed by atoms with Crippen LogP contribution in [-0.2, 0) is 0 Å². The van der Waals surface area contributed by atoms with Crippen LogP contribution in [0.15, 0.2) is 168 Å². The Morgan fingerprint density at radius 2 is 1.07 bits per heavy atom. The largest absolute Gasteiger partial charge is 0.455 e. The van der Waals surface area contributed by atoms with Crippen molar-refractivity contribution < 1.29 is 4.42 Å². The third-order valence-corrected chi connectivity index (χ3v) is 11.2. The first-order valence-electron chi connectivity index (χ1n) is 19.5. The van der Waals surface area contributed by atoms with E-state index in [0.29, 0.717) is 5.65 Å². The number of furan rings is 1. The zero-order chi connectivity index (χ0) is 37.9. The first kappa shape index (κ1) is 33.8. The number of fused-ring (bicyclic) bond motifs is 6. The molecular formula is C52H41N3O. The molecule has 0 bridgehead atoms.